The molecule has 0 spiro atoms. The van der Waals surface area contributed by atoms with E-state index in [4.69, 9.17) is 0 Å². The predicted molar refractivity (Wildman–Crippen MR) is 93.9 cm³/mol. The van der Waals surface area contributed by atoms with Crippen molar-refractivity contribution in [3.63, 3.8) is 0 Å². The summed E-state index contributed by atoms with van der Waals surface area (Å²) in [5, 5.41) is 13.9. The van der Waals surface area contributed by atoms with Crippen LogP contribution >= 0.6 is 0 Å². The van der Waals surface area contributed by atoms with Crippen LogP contribution in [0.3, 0.4) is 0 Å². The number of allylic oxidation sites excluding steroid dienone is 1. The van der Waals surface area contributed by atoms with Crippen LogP contribution in [0.5, 0.6) is 5.75 Å². The molecule has 1 aliphatic heterocycles. The van der Waals surface area contributed by atoms with E-state index in [2.05, 4.69) is 34.1 Å². The second-order valence-electron chi connectivity index (χ2n) is 6.20. The molecule has 5 nitrogen and oxygen atoms in total. The van der Waals surface area contributed by atoms with Gasteiger partial charge in [-0.3, -0.25) is 0 Å². The van der Waals surface area contributed by atoms with Crippen molar-refractivity contribution in [2.45, 2.75) is 33.1 Å². The molecule has 2 aromatic rings. The number of aromatic amines is 1. The van der Waals surface area contributed by atoms with Gasteiger partial charge in [-0.25, -0.2) is 9.98 Å². The third-order valence-corrected chi connectivity index (χ3v) is 4.25. The SMILES string of the molecule is CC1=CN=c2nc[nH+]c(NCCc3ccc(O)cc3)c2=C(C)CC1. The second-order valence-corrected chi connectivity index (χ2v) is 6.20. The molecule has 0 unspecified atom stereocenters. The van der Waals surface area contributed by atoms with Gasteiger partial charge in [0, 0.05) is 12.6 Å². The molecule has 3 rings (SSSR count). The summed E-state index contributed by atoms with van der Waals surface area (Å²) in [7, 11) is 0. The number of anilines is 1. The molecule has 0 fully saturated rings. The molecule has 0 saturated heterocycles. The van der Waals surface area contributed by atoms with E-state index in [-0.39, 0.29) is 0 Å². The lowest BCUT2D eigenvalue weighted by molar-refractivity contribution is -0.367. The Morgan fingerprint density at radius 2 is 1.96 bits per heavy atom. The first kappa shape index (κ1) is 16.2. The number of H-pyrrole nitrogens is 1. The van der Waals surface area contributed by atoms with Gasteiger partial charge in [0.15, 0.2) is 0 Å². The maximum absolute atomic E-state index is 9.34. The average Bonchev–Trinajstić information content (AvgIpc) is 2.58. The lowest BCUT2D eigenvalue weighted by Gasteiger charge is -2.07. The number of aromatic nitrogens is 2. The summed E-state index contributed by atoms with van der Waals surface area (Å²) in [4.78, 5) is 12.1. The maximum atomic E-state index is 9.34. The lowest BCUT2D eigenvalue weighted by atomic mass is 10.0. The first-order valence-electron chi connectivity index (χ1n) is 8.25. The Labute approximate surface area is 141 Å². The van der Waals surface area contributed by atoms with Gasteiger partial charge in [0.1, 0.15) is 11.0 Å². The van der Waals surface area contributed by atoms with Gasteiger partial charge in [0.25, 0.3) is 0 Å². The molecule has 0 atom stereocenters. The van der Waals surface area contributed by atoms with E-state index >= 15 is 0 Å². The van der Waals surface area contributed by atoms with Crippen LogP contribution in [0.4, 0.5) is 5.82 Å². The number of aromatic hydroxyl groups is 1. The maximum Gasteiger partial charge on any atom is 0.242 e. The van der Waals surface area contributed by atoms with E-state index < -0.39 is 0 Å². The number of rotatable bonds is 4. The molecule has 0 bridgehead atoms. The lowest BCUT2D eigenvalue weighted by Crippen LogP contribution is -2.39. The molecule has 0 amide bonds. The summed E-state index contributed by atoms with van der Waals surface area (Å²) < 4.78 is 0. The minimum absolute atomic E-state index is 0.297. The molecule has 0 aliphatic carbocycles. The zero-order valence-corrected chi connectivity index (χ0v) is 14.1. The summed E-state index contributed by atoms with van der Waals surface area (Å²) in [5.74, 6) is 1.26. The van der Waals surface area contributed by atoms with Crippen LogP contribution in [-0.4, -0.2) is 16.6 Å². The number of nitrogens with one attached hydrogen (secondary N) is 2. The third kappa shape index (κ3) is 3.79. The molecule has 24 heavy (non-hydrogen) atoms. The Balaban J connectivity index is 1.83. The summed E-state index contributed by atoms with van der Waals surface area (Å²) in [5.41, 5.74) is 4.51. The molecule has 3 N–H and O–H groups in total. The van der Waals surface area contributed by atoms with E-state index in [0.29, 0.717) is 5.75 Å². The zero-order chi connectivity index (χ0) is 16.9. The Morgan fingerprint density at radius 3 is 2.75 bits per heavy atom. The molecule has 1 aromatic heterocycles. The fourth-order valence-electron chi connectivity index (χ4n) is 2.79. The first-order valence-corrected chi connectivity index (χ1v) is 8.25. The molecular formula is C19H23N4O+. The first-order chi connectivity index (χ1) is 11.6. The van der Waals surface area contributed by atoms with Crippen molar-refractivity contribution in [1.29, 1.82) is 0 Å². The number of nitrogens with zero attached hydrogens (tertiary/aromatic N) is 2. The minimum Gasteiger partial charge on any atom is -0.508 e. The number of phenolic OH excluding ortho intramolecular Hbond substituents is 1. The van der Waals surface area contributed by atoms with Gasteiger partial charge in [0.05, 0.1) is 6.54 Å². The molecule has 124 valence electrons. The van der Waals surface area contributed by atoms with Gasteiger partial charge < -0.3 is 10.4 Å². The number of phenols is 1. The van der Waals surface area contributed by atoms with Crippen LogP contribution in [0.25, 0.3) is 5.57 Å². The Hall–Kier alpha value is -2.69. The molecular weight excluding hydrogens is 300 g/mol. The van der Waals surface area contributed by atoms with Gasteiger partial charge in [-0.15, -0.1) is 0 Å². The Morgan fingerprint density at radius 1 is 1.17 bits per heavy atom. The average molecular weight is 323 g/mol. The van der Waals surface area contributed by atoms with E-state index in [1.54, 1.807) is 18.5 Å². The van der Waals surface area contributed by atoms with Gasteiger partial charge in [-0.2, -0.15) is 0 Å². The highest BCUT2D eigenvalue weighted by Gasteiger charge is 2.11. The fourth-order valence-corrected chi connectivity index (χ4v) is 2.79. The van der Waals surface area contributed by atoms with Crippen molar-refractivity contribution in [1.82, 2.24) is 4.98 Å². The van der Waals surface area contributed by atoms with Crippen molar-refractivity contribution in [2.75, 3.05) is 11.9 Å². The summed E-state index contributed by atoms with van der Waals surface area (Å²) in [6.07, 6.45) is 6.51. The monoisotopic (exact) mass is 323 g/mol. The molecule has 0 saturated carbocycles. The van der Waals surface area contributed by atoms with Crippen LogP contribution in [0, 0.1) is 0 Å². The smallest absolute Gasteiger partial charge is 0.242 e. The van der Waals surface area contributed by atoms with Crippen molar-refractivity contribution in [3.8, 4) is 5.75 Å². The Kier molecular flexibility index (Phi) is 4.89. The van der Waals surface area contributed by atoms with Gasteiger partial charge >= 0.3 is 0 Å². The van der Waals surface area contributed by atoms with Gasteiger partial charge in [-0.1, -0.05) is 28.3 Å². The zero-order valence-electron chi connectivity index (χ0n) is 14.1. The minimum atomic E-state index is 0.297. The predicted octanol–water partition coefficient (Wildman–Crippen LogP) is 1.74. The largest absolute Gasteiger partial charge is 0.508 e. The standard InChI is InChI=1S/C19H22N4O/c1-13-3-4-14(2)17-18(22-12-23-19(17)21-11-13)20-10-9-15-5-7-16(24)8-6-15/h5-8,11-12,24H,3-4,9-10H2,1-2H3,(H,20,21,22,23)/p+1. The highest BCUT2D eigenvalue weighted by atomic mass is 16.3. The van der Waals surface area contributed by atoms with Crippen molar-refractivity contribution < 1.29 is 10.1 Å². The van der Waals surface area contributed by atoms with Crippen LogP contribution in [0.15, 0.2) is 47.4 Å². The Bertz CT molecular complexity index is 869. The third-order valence-electron chi connectivity index (χ3n) is 4.25. The number of hydrogen-bond acceptors (Lipinski definition) is 4. The molecule has 1 aromatic carbocycles. The summed E-state index contributed by atoms with van der Waals surface area (Å²) >= 11 is 0. The van der Waals surface area contributed by atoms with Gasteiger partial charge in [0.2, 0.25) is 17.6 Å². The normalized spacial score (nSPS) is 14.1. The molecule has 1 aliphatic rings. The topological polar surface area (TPSA) is 71.7 Å². The fraction of sp³-hybridized carbons (Fsp3) is 0.316. The summed E-state index contributed by atoms with van der Waals surface area (Å²) in [6, 6.07) is 7.32. The molecule has 2 heterocycles. The van der Waals surface area contributed by atoms with Crippen LogP contribution in [-0.2, 0) is 6.42 Å². The van der Waals surface area contributed by atoms with Crippen molar-refractivity contribution >= 4 is 11.4 Å². The van der Waals surface area contributed by atoms with Crippen molar-refractivity contribution in [3.05, 3.63) is 58.6 Å². The number of hydrogen-bond donors (Lipinski definition) is 2. The van der Waals surface area contributed by atoms with E-state index in [1.165, 1.54) is 16.7 Å². The second kappa shape index (κ2) is 7.25. The quantitative estimate of drug-likeness (QED) is 0.900. The van der Waals surface area contributed by atoms with Crippen LogP contribution < -0.4 is 21.0 Å². The van der Waals surface area contributed by atoms with Crippen molar-refractivity contribution in [2.24, 2.45) is 4.99 Å². The van der Waals surface area contributed by atoms with E-state index in [0.717, 1.165) is 42.3 Å². The number of fused-ring (bicyclic) bond motifs is 1. The highest BCUT2D eigenvalue weighted by molar-refractivity contribution is 5.49. The summed E-state index contributed by atoms with van der Waals surface area (Å²) in [6.45, 7) is 5.04. The van der Waals surface area contributed by atoms with Crippen LogP contribution in [0.2, 0.25) is 0 Å². The van der Waals surface area contributed by atoms with Gasteiger partial charge in [-0.05, 0) is 44.4 Å². The van der Waals surface area contributed by atoms with E-state index in [1.807, 2.05) is 18.3 Å². The highest BCUT2D eigenvalue weighted by Crippen LogP contribution is 2.12. The molecule has 0 radical (unpaired) electrons. The molecule has 5 heteroatoms. The van der Waals surface area contributed by atoms with Crippen LogP contribution in [0.1, 0.15) is 32.3 Å². The number of benzene rings is 1. The van der Waals surface area contributed by atoms with E-state index in [9.17, 15) is 5.11 Å².